The Kier molecular flexibility index (Phi) is 3.06. The maximum absolute atomic E-state index is 11.1. The largest absolute Gasteiger partial charge is 0.476 e. The fourth-order valence-corrected chi connectivity index (χ4v) is 2.63. The Morgan fingerprint density at radius 3 is 2.75 bits per heavy atom. The highest BCUT2D eigenvalue weighted by atomic mass is 79.9. The van der Waals surface area contributed by atoms with Gasteiger partial charge in [0.15, 0.2) is 5.69 Å². The van der Waals surface area contributed by atoms with E-state index in [1.807, 2.05) is 36.5 Å². The molecule has 0 unspecified atom stereocenters. The van der Waals surface area contributed by atoms with Crippen LogP contribution < -0.4 is 0 Å². The summed E-state index contributed by atoms with van der Waals surface area (Å²) in [5.41, 5.74) is 2.76. The van der Waals surface area contributed by atoms with Crippen LogP contribution in [0.4, 0.5) is 0 Å². The highest BCUT2D eigenvalue weighted by Gasteiger charge is 2.14. The molecule has 20 heavy (non-hydrogen) atoms. The minimum Gasteiger partial charge on any atom is -0.476 e. The van der Waals surface area contributed by atoms with Gasteiger partial charge in [0.25, 0.3) is 0 Å². The maximum atomic E-state index is 11.1. The minimum absolute atomic E-state index is 0.0864. The summed E-state index contributed by atoms with van der Waals surface area (Å²) in [4.78, 5) is 15.2. The van der Waals surface area contributed by atoms with Crippen LogP contribution in [0.5, 0.6) is 0 Å². The number of aromatic carboxylic acids is 1. The fourth-order valence-electron chi connectivity index (χ4n) is 2.23. The summed E-state index contributed by atoms with van der Waals surface area (Å²) in [6, 6.07) is 11.7. The predicted molar refractivity (Wildman–Crippen MR) is 80.0 cm³/mol. The Morgan fingerprint density at radius 1 is 1.25 bits per heavy atom. The first-order valence-corrected chi connectivity index (χ1v) is 6.83. The number of pyridine rings is 1. The van der Waals surface area contributed by atoms with Crippen LogP contribution in [0.1, 0.15) is 16.3 Å². The molecule has 100 valence electrons. The highest BCUT2D eigenvalue weighted by molar-refractivity contribution is 9.10. The number of fused-ring (bicyclic) bond motifs is 1. The lowest BCUT2D eigenvalue weighted by Gasteiger charge is -2.04. The van der Waals surface area contributed by atoms with Crippen molar-refractivity contribution in [2.45, 2.75) is 6.92 Å². The van der Waals surface area contributed by atoms with Crippen molar-refractivity contribution in [3.8, 4) is 11.1 Å². The van der Waals surface area contributed by atoms with Crippen molar-refractivity contribution in [1.29, 1.82) is 0 Å². The normalized spacial score (nSPS) is 10.9. The SMILES string of the molecule is Cc1nc(C(=O)O)c2ccc(-c3cccc(Br)c3)cn12. The summed E-state index contributed by atoms with van der Waals surface area (Å²) in [5.74, 6) is -0.347. The molecule has 0 spiro atoms. The summed E-state index contributed by atoms with van der Waals surface area (Å²) in [5, 5.41) is 9.14. The van der Waals surface area contributed by atoms with E-state index in [0.717, 1.165) is 15.6 Å². The molecule has 0 atom stereocenters. The van der Waals surface area contributed by atoms with Gasteiger partial charge in [0.2, 0.25) is 0 Å². The molecule has 0 saturated carbocycles. The number of aryl methyl sites for hydroxylation is 1. The molecule has 2 heterocycles. The number of carboxylic acids is 1. The maximum Gasteiger partial charge on any atom is 0.356 e. The standard InChI is InChI=1S/C15H11BrN2O2/c1-9-17-14(15(19)20)13-6-5-11(8-18(9)13)10-3-2-4-12(16)7-10/h2-8H,1H3,(H,19,20). The van der Waals surface area contributed by atoms with E-state index in [9.17, 15) is 4.79 Å². The topological polar surface area (TPSA) is 54.6 Å². The molecule has 1 N–H and O–H groups in total. The van der Waals surface area contributed by atoms with Gasteiger partial charge in [-0.2, -0.15) is 0 Å². The third-order valence-corrected chi connectivity index (χ3v) is 3.67. The first kappa shape index (κ1) is 12.9. The van der Waals surface area contributed by atoms with Crippen molar-refractivity contribution in [2.75, 3.05) is 0 Å². The molecule has 0 fully saturated rings. The molecule has 0 bridgehead atoms. The molecule has 2 aromatic heterocycles. The molecular formula is C15H11BrN2O2. The third-order valence-electron chi connectivity index (χ3n) is 3.17. The van der Waals surface area contributed by atoms with Gasteiger partial charge in [-0.05, 0) is 36.2 Å². The molecule has 0 radical (unpaired) electrons. The molecule has 0 amide bonds. The second-order valence-corrected chi connectivity index (χ2v) is 5.41. The second-order valence-electron chi connectivity index (χ2n) is 4.50. The van der Waals surface area contributed by atoms with Crippen molar-refractivity contribution < 1.29 is 9.90 Å². The lowest BCUT2D eigenvalue weighted by atomic mass is 10.1. The van der Waals surface area contributed by atoms with E-state index in [2.05, 4.69) is 20.9 Å². The number of halogens is 1. The number of nitrogens with zero attached hydrogens (tertiary/aromatic N) is 2. The number of carboxylic acid groups (broad SMARTS) is 1. The number of imidazole rings is 1. The van der Waals surface area contributed by atoms with Crippen LogP contribution in [-0.2, 0) is 0 Å². The monoisotopic (exact) mass is 330 g/mol. The average molecular weight is 331 g/mol. The number of aromatic nitrogens is 2. The lowest BCUT2D eigenvalue weighted by molar-refractivity contribution is 0.0693. The molecule has 1 aromatic carbocycles. The first-order chi connectivity index (χ1) is 9.56. The van der Waals surface area contributed by atoms with Crippen molar-refractivity contribution in [3.63, 3.8) is 0 Å². The van der Waals surface area contributed by atoms with E-state index in [1.54, 1.807) is 17.4 Å². The van der Waals surface area contributed by atoms with Crippen LogP contribution in [-0.4, -0.2) is 20.5 Å². The van der Waals surface area contributed by atoms with Gasteiger partial charge < -0.3 is 9.51 Å². The molecule has 4 nitrogen and oxygen atoms in total. The summed E-state index contributed by atoms with van der Waals surface area (Å²) >= 11 is 3.45. The van der Waals surface area contributed by atoms with E-state index in [-0.39, 0.29) is 5.69 Å². The number of hydrogen-bond acceptors (Lipinski definition) is 2. The lowest BCUT2D eigenvalue weighted by Crippen LogP contribution is -1.97. The summed E-state index contributed by atoms with van der Waals surface area (Å²) in [6.07, 6.45) is 1.91. The Hall–Kier alpha value is -2.14. The van der Waals surface area contributed by atoms with Gasteiger partial charge in [-0.3, -0.25) is 0 Å². The highest BCUT2D eigenvalue weighted by Crippen LogP contribution is 2.25. The van der Waals surface area contributed by atoms with E-state index >= 15 is 0 Å². The zero-order valence-electron chi connectivity index (χ0n) is 10.7. The fraction of sp³-hybridized carbons (Fsp3) is 0.0667. The van der Waals surface area contributed by atoms with Gasteiger partial charge in [0.1, 0.15) is 5.82 Å². The van der Waals surface area contributed by atoms with E-state index in [0.29, 0.717) is 11.3 Å². The molecule has 0 saturated heterocycles. The smallest absolute Gasteiger partial charge is 0.356 e. The van der Waals surface area contributed by atoms with Gasteiger partial charge in [0.05, 0.1) is 5.52 Å². The van der Waals surface area contributed by atoms with Crippen molar-refractivity contribution in [3.05, 3.63) is 58.6 Å². The predicted octanol–water partition coefficient (Wildman–Crippen LogP) is 3.77. The summed E-state index contributed by atoms with van der Waals surface area (Å²) < 4.78 is 2.81. The number of carbonyl (C=O) groups is 1. The average Bonchev–Trinajstić information content (AvgIpc) is 2.76. The van der Waals surface area contributed by atoms with Crippen LogP contribution in [0.25, 0.3) is 16.6 Å². The molecule has 5 heteroatoms. The van der Waals surface area contributed by atoms with E-state index in [1.165, 1.54) is 0 Å². The zero-order chi connectivity index (χ0) is 14.3. The Bertz CT molecular complexity index is 824. The summed E-state index contributed by atoms with van der Waals surface area (Å²) in [6.45, 7) is 1.80. The van der Waals surface area contributed by atoms with Gasteiger partial charge in [-0.15, -0.1) is 0 Å². The third kappa shape index (κ3) is 2.10. The van der Waals surface area contributed by atoms with E-state index in [4.69, 9.17) is 5.11 Å². The van der Waals surface area contributed by atoms with Crippen LogP contribution in [0.2, 0.25) is 0 Å². The van der Waals surface area contributed by atoms with E-state index < -0.39 is 5.97 Å². The second kappa shape index (κ2) is 4.76. The Labute approximate surface area is 123 Å². The van der Waals surface area contributed by atoms with Crippen molar-refractivity contribution >= 4 is 27.4 Å². The van der Waals surface area contributed by atoms with Gasteiger partial charge in [0, 0.05) is 10.7 Å². The van der Waals surface area contributed by atoms with Crippen LogP contribution in [0.3, 0.4) is 0 Å². The molecule has 0 aliphatic heterocycles. The number of rotatable bonds is 2. The summed E-state index contributed by atoms with van der Waals surface area (Å²) in [7, 11) is 0. The molecular weight excluding hydrogens is 320 g/mol. The molecule has 3 aromatic rings. The van der Waals surface area contributed by atoms with Gasteiger partial charge in [-0.25, -0.2) is 9.78 Å². The van der Waals surface area contributed by atoms with Crippen LogP contribution in [0.15, 0.2) is 47.1 Å². The van der Waals surface area contributed by atoms with Gasteiger partial charge >= 0.3 is 5.97 Å². The number of benzene rings is 1. The Balaban J connectivity index is 2.21. The molecule has 3 rings (SSSR count). The Morgan fingerprint density at radius 2 is 2.05 bits per heavy atom. The van der Waals surface area contributed by atoms with Crippen LogP contribution >= 0.6 is 15.9 Å². The van der Waals surface area contributed by atoms with Crippen molar-refractivity contribution in [1.82, 2.24) is 9.38 Å². The van der Waals surface area contributed by atoms with Crippen LogP contribution in [0, 0.1) is 6.92 Å². The molecule has 0 aliphatic rings. The zero-order valence-corrected chi connectivity index (χ0v) is 12.3. The molecule has 0 aliphatic carbocycles. The first-order valence-electron chi connectivity index (χ1n) is 6.04. The number of hydrogen-bond donors (Lipinski definition) is 1. The van der Waals surface area contributed by atoms with Crippen molar-refractivity contribution in [2.24, 2.45) is 0 Å². The quantitative estimate of drug-likeness (QED) is 0.778. The minimum atomic E-state index is -1.01. The van der Waals surface area contributed by atoms with Gasteiger partial charge in [-0.1, -0.05) is 34.1 Å².